The second-order valence-corrected chi connectivity index (χ2v) is 8.09. The molecule has 2 heterocycles. The SMILES string of the molecule is Cc1sc(NC(=O)c2ccccc2)c(CN2C[C@@H](C)O[C@H](C)C2)c1C. The third-order valence-electron chi connectivity index (χ3n) is 4.65. The summed E-state index contributed by atoms with van der Waals surface area (Å²) < 4.78 is 5.83. The van der Waals surface area contributed by atoms with Gasteiger partial charge in [-0.05, 0) is 45.4 Å². The highest BCUT2D eigenvalue weighted by Gasteiger charge is 2.25. The van der Waals surface area contributed by atoms with Gasteiger partial charge in [0.1, 0.15) is 5.00 Å². The minimum Gasteiger partial charge on any atom is -0.373 e. The van der Waals surface area contributed by atoms with Gasteiger partial charge in [-0.15, -0.1) is 11.3 Å². The van der Waals surface area contributed by atoms with Crippen LogP contribution in [0.3, 0.4) is 0 Å². The van der Waals surface area contributed by atoms with Gasteiger partial charge in [0.25, 0.3) is 5.91 Å². The molecule has 2 aromatic rings. The lowest BCUT2D eigenvalue weighted by Crippen LogP contribution is -2.44. The van der Waals surface area contributed by atoms with Gasteiger partial charge in [-0.3, -0.25) is 9.69 Å². The molecule has 0 aliphatic carbocycles. The minimum atomic E-state index is -0.0492. The molecule has 1 amide bonds. The van der Waals surface area contributed by atoms with E-state index in [1.165, 1.54) is 16.0 Å². The Bertz CT molecular complexity index is 732. The average molecular weight is 359 g/mol. The maximum Gasteiger partial charge on any atom is 0.256 e. The number of hydrogen-bond donors (Lipinski definition) is 1. The predicted molar refractivity (Wildman–Crippen MR) is 103 cm³/mol. The third-order valence-corrected chi connectivity index (χ3v) is 5.81. The first-order chi connectivity index (χ1) is 11.9. The molecule has 1 N–H and O–H groups in total. The molecule has 0 radical (unpaired) electrons. The minimum absolute atomic E-state index is 0.0492. The lowest BCUT2D eigenvalue weighted by atomic mass is 10.1. The fourth-order valence-electron chi connectivity index (χ4n) is 3.37. The van der Waals surface area contributed by atoms with Crippen molar-refractivity contribution >= 4 is 22.2 Å². The van der Waals surface area contributed by atoms with Crippen LogP contribution in [-0.2, 0) is 11.3 Å². The van der Waals surface area contributed by atoms with Crippen molar-refractivity contribution in [2.24, 2.45) is 0 Å². The Morgan fingerprint density at radius 2 is 1.84 bits per heavy atom. The molecular formula is C20H26N2O2S. The highest BCUT2D eigenvalue weighted by atomic mass is 32.1. The van der Waals surface area contributed by atoms with Gasteiger partial charge in [-0.1, -0.05) is 18.2 Å². The van der Waals surface area contributed by atoms with Crippen LogP contribution < -0.4 is 5.32 Å². The van der Waals surface area contributed by atoms with Gasteiger partial charge in [0.2, 0.25) is 0 Å². The lowest BCUT2D eigenvalue weighted by Gasteiger charge is -2.35. The molecule has 5 heteroatoms. The number of ether oxygens (including phenoxy) is 1. The van der Waals surface area contributed by atoms with Crippen molar-refractivity contribution < 1.29 is 9.53 Å². The van der Waals surface area contributed by atoms with Crippen LogP contribution in [-0.4, -0.2) is 36.1 Å². The highest BCUT2D eigenvalue weighted by molar-refractivity contribution is 7.16. The van der Waals surface area contributed by atoms with E-state index in [9.17, 15) is 4.79 Å². The Labute approximate surface area is 153 Å². The number of benzene rings is 1. The highest BCUT2D eigenvalue weighted by Crippen LogP contribution is 2.34. The van der Waals surface area contributed by atoms with E-state index >= 15 is 0 Å². The first kappa shape index (κ1) is 18.1. The van der Waals surface area contributed by atoms with Gasteiger partial charge in [0, 0.05) is 35.6 Å². The Kier molecular flexibility index (Phi) is 5.57. The van der Waals surface area contributed by atoms with Crippen LogP contribution in [0.2, 0.25) is 0 Å². The van der Waals surface area contributed by atoms with E-state index in [2.05, 4.69) is 37.9 Å². The number of rotatable bonds is 4. The Morgan fingerprint density at radius 3 is 2.48 bits per heavy atom. The summed E-state index contributed by atoms with van der Waals surface area (Å²) in [5, 5.41) is 4.09. The molecule has 0 saturated carbocycles. The number of aryl methyl sites for hydroxylation is 1. The van der Waals surface area contributed by atoms with E-state index in [1.54, 1.807) is 11.3 Å². The van der Waals surface area contributed by atoms with E-state index in [1.807, 2.05) is 30.3 Å². The molecule has 1 aromatic heterocycles. The van der Waals surface area contributed by atoms with Gasteiger partial charge >= 0.3 is 0 Å². The molecule has 1 aromatic carbocycles. The van der Waals surface area contributed by atoms with Crippen molar-refractivity contribution in [1.82, 2.24) is 4.90 Å². The Balaban J connectivity index is 1.79. The molecular weight excluding hydrogens is 332 g/mol. The van der Waals surface area contributed by atoms with Crippen molar-refractivity contribution in [3.8, 4) is 0 Å². The van der Waals surface area contributed by atoms with Crippen molar-refractivity contribution in [2.45, 2.75) is 46.4 Å². The zero-order chi connectivity index (χ0) is 18.0. The summed E-state index contributed by atoms with van der Waals surface area (Å²) in [4.78, 5) is 16.2. The van der Waals surface area contributed by atoms with Crippen LogP contribution in [0.25, 0.3) is 0 Å². The first-order valence-corrected chi connectivity index (χ1v) is 9.58. The topological polar surface area (TPSA) is 41.6 Å². The number of nitrogens with zero attached hydrogens (tertiary/aromatic N) is 1. The van der Waals surface area contributed by atoms with Crippen molar-refractivity contribution in [2.75, 3.05) is 18.4 Å². The molecule has 3 rings (SSSR count). The average Bonchev–Trinajstić information content (AvgIpc) is 2.82. The van der Waals surface area contributed by atoms with Crippen LogP contribution in [0.4, 0.5) is 5.00 Å². The first-order valence-electron chi connectivity index (χ1n) is 8.77. The fourth-order valence-corrected chi connectivity index (χ4v) is 4.43. The fraction of sp³-hybridized carbons (Fsp3) is 0.450. The van der Waals surface area contributed by atoms with Gasteiger partial charge in [0.05, 0.1) is 12.2 Å². The van der Waals surface area contributed by atoms with Crippen LogP contribution in [0.5, 0.6) is 0 Å². The van der Waals surface area contributed by atoms with Crippen LogP contribution in [0.15, 0.2) is 30.3 Å². The molecule has 0 unspecified atom stereocenters. The lowest BCUT2D eigenvalue weighted by molar-refractivity contribution is -0.0704. The summed E-state index contributed by atoms with van der Waals surface area (Å²) in [5.74, 6) is -0.0492. The molecule has 0 bridgehead atoms. The smallest absolute Gasteiger partial charge is 0.256 e. The standard InChI is InChI=1S/C20H26N2O2S/c1-13-10-22(11-14(2)24-13)12-18-15(3)16(4)25-20(18)21-19(23)17-8-6-5-7-9-17/h5-9,13-14H,10-12H2,1-4H3,(H,21,23)/t13-,14-/m1/s1. The van der Waals surface area contributed by atoms with Crippen LogP contribution in [0.1, 0.15) is 40.2 Å². The molecule has 2 atom stereocenters. The van der Waals surface area contributed by atoms with E-state index in [-0.39, 0.29) is 18.1 Å². The molecule has 1 saturated heterocycles. The van der Waals surface area contributed by atoms with E-state index in [0.29, 0.717) is 5.56 Å². The molecule has 4 nitrogen and oxygen atoms in total. The molecule has 25 heavy (non-hydrogen) atoms. The second-order valence-electron chi connectivity index (χ2n) is 6.86. The van der Waals surface area contributed by atoms with Crippen molar-refractivity contribution in [1.29, 1.82) is 0 Å². The van der Waals surface area contributed by atoms with E-state index < -0.39 is 0 Å². The number of carbonyl (C=O) groups excluding carboxylic acids is 1. The third kappa shape index (κ3) is 4.29. The Morgan fingerprint density at radius 1 is 1.20 bits per heavy atom. The number of nitrogens with one attached hydrogen (secondary N) is 1. The van der Waals surface area contributed by atoms with Crippen molar-refractivity contribution in [3.63, 3.8) is 0 Å². The Hall–Kier alpha value is -1.69. The zero-order valence-corrected chi connectivity index (χ0v) is 16.2. The summed E-state index contributed by atoms with van der Waals surface area (Å²) in [6.07, 6.45) is 0.484. The monoisotopic (exact) mass is 358 g/mol. The zero-order valence-electron chi connectivity index (χ0n) is 15.3. The van der Waals surface area contributed by atoms with Gasteiger partial charge in [0.15, 0.2) is 0 Å². The molecule has 0 spiro atoms. The maximum absolute atomic E-state index is 12.5. The van der Waals surface area contributed by atoms with Crippen LogP contribution in [0, 0.1) is 13.8 Å². The molecule has 1 fully saturated rings. The van der Waals surface area contributed by atoms with E-state index in [0.717, 1.165) is 24.6 Å². The number of hydrogen-bond acceptors (Lipinski definition) is 4. The predicted octanol–water partition coefficient (Wildman–Crippen LogP) is 4.23. The van der Waals surface area contributed by atoms with Gasteiger partial charge < -0.3 is 10.1 Å². The van der Waals surface area contributed by atoms with E-state index in [4.69, 9.17) is 4.74 Å². The number of carbonyl (C=O) groups is 1. The summed E-state index contributed by atoms with van der Waals surface area (Å²) in [6.45, 7) is 11.2. The number of thiophene rings is 1. The van der Waals surface area contributed by atoms with Crippen LogP contribution >= 0.6 is 11.3 Å². The maximum atomic E-state index is 12.5. The molecule has 134 valence electrons. The second kappa shape index (κ2) is 7.68. The van der Waals surface area contributed by atoms with Gasteiger partial charge in [-0.2, -0.15) is 0 Å². The summed E-state index contributed by atoms with van der Waals surface area (Å²) >= 11 is 1.66. The van der Waals surface area contributed by atoms with Gasteiger partial charge in [-0.25, -0.2) is 0 Å². The largest absolute Gasteiger partial charge is 0.373 e. The summed E-state index contributed by atoms with van der Waals surface area (Å²) in [7, 11) is 0. The normalized spacial score (nSPS) is 21.3. The summed E-state index contributed by atoms with van der Waals surface area (Å²) in [6, 6.07) is 9.37. The van der Waals surface area contributed by atoms with Crippen molar-refractivity contribution in [3.05, 3.63) is 51.9 Å². The quantitative estimate of drug-likeness (QED) is 0.889. The summed E-state index contributed by atoms with van der Waals surface area (Å²) in [5.41, 5.74) is 3.19. The number of morpholine rings is 1. The molecule has 1 aliphatic rings. The molecule has 1 aliphatic heterocycles. The number of anilines is 1. The number of amides is 1.